The number of amides is 1. The highest BCUT2D eigenvalue weighted by atomic mass is 16.5. The maximum absolute atomic E-state index is 11.8. The molecule has 0 bridgehead atoms. The summed E-state index contributed by atoms with van der Waals surface area (Å²) in [5, 5.41) is 0. The van der Waals surface area contributed by atoms with Crippen molar-refractivity contribution in [3.8, 4) is 5.75 Å². The molecule has 0 unspecified atom stereocenters. The van der Waals surface area contributed by atoms with Crippen molar-refractivity contribution in [1.82, 2.24) is 9.88 Å². The molecule has 92 valence electrons. The van der Waals surface area contributed by atoms with Crippen LogP contribution in [0.15, 0.2) is 12.3 Å². The van der Waals surface area contributed by atoms with Crippen LogP contribution in [0.1, 0.15) is 28.9 Å². The van der Waals surface area contributed by atoms with Crippen molar-refractivity contribution in [2.75, 3.05) is 14.1 Å². The molecule has 1 aliphatic rings. The van der Waals surface area contributed by atoms with Crippen molar-refractivity contribution in [3.63, 3.8) is 0 Å². The number of hydrogen-bond acceptors (Lipinski definition) is 4. The Labute approximate surface area is 101 Å². The largest absolute Gasteiger partial charge is 0.488 e. The van der Waals surface area contributed by atoms with E-state index in [0.29, 0.717) is 23.6 Å². The summed E-state index contributed by atoms with van der Waals surface area (Å²) in [6.45, 7) is 0.318. The van der Waals surface area contributed by atoms with Gasteiger partial charge in [0.05, 0.1) is 17.4 Å². The fourth-order valence-corrected chi connectivity index (χ4v) is 1.47. The molecule has 5 nitrogen and oxygen atoms in total. The van der Waals surface area contributed by atoms with E-state index < -0.39 is 0 Å². The lowest BCUT2D eigenvalue weighted by Gasteiger charge is -2.13. The van der Waals surface area contributed by atoms with Crippen molar-refractivity contribution in [1.29, 1.82) is 0 Å². The van der Waals surface area contributed by atoms with E-state index in [4.69, 9.17) is 10.5 Å². The van der Waals surface area contributed by atoms with Crippen molar-refractivity contribution in [2.24, 2.45) is 5.73 Å². The smallest absolute Gasteiger partial charge is 0.255 e. The van der Waals surface area contributed by atoms with E-state index in [9.17, 15) is 4.79 Å². The summed E-state index contributed by atoms with van der Waals surface area (Å²) in [5.74, 6) is 0.560. The molecular formula is C12H17N3O2. The number of ether oxygens (including phenoxy) is 1. The Bertz CT molecular complexity index is 428. The molecule has 1 saturated carbocycles. The molecule has 2 N–H and O–H groups in total. The Kier molecular flexibility index (Phi) is 3.28. The van der Waals surface area contributed by atoms with Gasteiger partial charge in [-0.2, -0.15) is 0 Å². The monoisotopic (exact) mass is 235 g/mol. The molecule has 0 atom stereocenters. The second-order valence-electron chi connectivity index (χ2n) is 4.39. The van der Waals surface area contributed by atoms with Gasteiger partial charge < -0.3 is 15.4 Å². The van der Waals surface area contributed by atoms with Crippen molar-refractivity contribution in [3.05, 3.63) is 23.5 Å². The van der Waals surface area contributed by atoms with Crippen molar-refractivity contribution in [2.45, 2.75) is 25.5 Å². The molecule has 1 aromatic heterocycles. The van der Waals surface area contributed by atoms with Gasteiger partial charge in [0, 0.05) is 26.8 Å². The molecule has 1 amide bonds. The Morgan fingerprint density at radius 2 is 2.29 bits per heavy atom. The van der Waals surface area contributed by atoms with Gasteiger partial charge in [-0.05, 0) is 18.9 Å². The fraction of sp³-hybridized carbons (Fsp3) is 0.500. The number of nitrogens with two attached hydrogens (primary N) is 1. The molecule has 1 aliphatic carbocycles. The van der Waals surface area contributed by atoms with E-state index in [1.807, 2.05) is 0 Å². The van der Waals surface area contributed by atoms with Gasteiger partial charge in [-0.25, -0.2) is 0 Å². The zero-order valence-corrected chi connectivity index (χ0v) is 10.1. The van der Waals surface area contributed by atoms with Gasteiger partial charge in [-0.15, -0.1) is 0 Å². The fourth-order valence-electron chi connectivity index (χ4n) is 1.47. The molecule has 0 aromatic carbocycles. The Hall–Kier alpha value is -1.62. The first-order chi connectivity index (χ1) is 8.11. The topological polar surface area (TPSA) is 68.5 Å². The number of nitrogens with zero attached hydrogens (tertiary/aromatic N) is 2. The van der Waals surface area contributed by atoms with Gasteiger partial charge in [-0.3, -0.25) is 9.78 Å². The predicted molar refractivity (Wildman–Crippen MR) is 63.8 cm³/mol. The lowest BCUT2D eigenvalue weighted by molar-refractivity contribution is 0.0826. The zero-order chi connectivity index (χ0) is 12.4. The number of hydrogen-bond donors (Lipinski definition) is 1. The standard InChI is InChI=1S/C12H17N3O2/c1-15(2)12(16)8-5-11(17-9-3-4-9)10(6-13)14-7-8/h5,7,9H,3-4,6,13H2,1-2H3. The summed E-state index contributed by atoms with van der Waals surface area (Å²) in [4.78, 5) is 17.5. The van der Waals surface area contributed by atoms with E-state index in [1.165, 1.54) is 4.90 Å². The predicted octanol–water partition coefficient (Wildman–Crippen LogP) is 0.783. The maximum atomic E-state index is 11.8. The number of carbonyl (C=O) groups is 1. The minimum Gasteiger partial charge on any atom is -0.488 e. The second-order valence-corrected chi connectivity index (χ2v) is 4.39. The molecule has 1 fully saturated rings. The summed E-state index contributed by atoms with van der Waals surface area (Å²) in [5.41, 5.74) is 6.83. The van der Waals surface area contributed by atoms with Gasteiger partial charge >= 0.3 is 0 Å². The molecule has 5 heteroatoms. The van der Waals surface area contributed by atoms with E-state index in [2.05, 4.69) is 4.98 Å². The highest BCUT2D eigenvalue weighted by Gasteiger charge is 2.25. The van der Waals surface area contributed by atoms with Crippen LogP contribution >= 0.6 is 0 Å². The van der Waals surface area contributed by atoms with Crippen LogP contribution in [0.3, 0.4) is 0 Å². The van der Waals surface area contributed by atoms with Gasteiger partial charge in [0.25, 0.3) is 5.91 Å². The lowest BCUT2D eigenvalue weighted by atomic mass is 10.2. The number of pyridine rings is 1. The van der Waals surface area contributed by atoms with Crippen molar-refractivity contribution < 1.29 is 9.53 Å². The average Bonchev–Trinajstić information content (AvgIpc) is 3.11. The third kappa shape index (κ3) is 2.74. The first-order valence-electron chi connectivity index (χ1n) is 5.69. The van der Waals surface area contributed by atoms with E-state index in [-0.39, 0.29) is 12.0 Å². The molecule has 0 radical (unpaired) electrons. The molecule has 17 heavy (non-hydrogen) atoms. The van der Waals surface area contributed by atoms with E-state index in [1.54, 1.807) is 26.4 Å². The van der Waals surface area contributed by atoms with Gasteiger partial charge in [0.2, 0.25) is 0 Å². The van der Waals surface area contributed by atoms with Crippen LogP contribution in [0, 0.1) is 0 Å². The first kappa shape index (κ1) is 11.9. The van der Waals surface area contributed by atoms with Gasteiger partial charge in [-0.1, -0.05) is 0 Å². The third-order valence-electron chi connectivity index (χ3n) is 2.59. The average molecular weight is 235 g/mol. The second kappa shape index (κ2) is 4.71. The van der Waals surface area contributed by atoms with Crippen LogP contribution in [0.4, 0.5) is 0 Å². The van der Waals surface area contributed by atoms with Crippen molar-refractivity contribution >= 4 is 5.91 Å². The minimum atomic E-state index is -0.0817. The van der Waals surface area contributed by atoms with Crippen LogP contribution in [0.25, 0.3) is 0 Å². The van der Waals surface area contributed by atoms with E-state index in [0.717, 1.165) is 12.8 Å². The number of aromatic nitrogens is 1. The van der Waals surface area contributed by atoms with Crippen LogP contribution in [-0.4, -0.2) is 36.0 Å². The lowest BCUT2D eigenvalue weighted by Crippen LogP contribution is -2.22. The van der Waals surface area contributed by atoms with Crippen LogP contribution < -0.4 is 10.5 Å². The van der Waals surface area contributed by atoms with E-state index >= 15 is 0 Å². The highest BCUT2D eigenvalue weighted by molar-refractivity contribution is 5.94. The Morgan fingerprint density at radius 1 is 1.59 bits per heavy atom. The molecule has 1 aromatic rings. The summed E-state index contributed by atoms with van der Waals surface area (Å²) in [7, 11) is 3.42. The zero-order valence-electron chi connectivity index (χ0n) is 10.1. The first-order valence-corrected chi connectivity index (χ1v) is 5.69. The van der Waals surface area contributed by atoms with Crippen LogP contribution in [0.5, 0.6) is 5.75 Å². The quantitative estimate of drug-likeness (QED) is 0.837. The van der Waals surface area contributed by atoms with Gasteiger partial charge in [0.1, 0.15) is 5.75 Å². The van der Waals surface area contributed by atoms with Crippen LogP contribution in [0.2, 0.25) is 0 Å². The van der Waals surface area contributed by atoms with Gasteiger partial charge in [0.15, 0.2) is 0 Å². The number of carbonyl (C=O) groups excluding carboxylic acids is 1. The molecular weight excluding hydrogens is 218 g/mol. The van der Waals surface area contributed by atoms with Crippen LogP contribution in [-0.2, 0) is 6.54 Å². The Morgan fingerprint density at radius 3 is 2.82 bits per heavy atom. The SMILES string of the molecule is CN(C)C(=O)c1cnc(CN)c(OC2CC2)c1. The molecule has 0 aliphatic heterocycles. The number of rotatable bonds is 4. The summed E-state index contributed by atoms with van der Waals surface area (Å²) >= 11 is 0. The minimum absolute atomic E-state index is 0.0817. The molecule has 2 rings (SSSR count). The highest BCUT2D eigenvalue weighted by Crippen LogP contribution is 2.29. The normalized spacial score (nSPS) is 14.5. The summed E-state index contributed by atoms with van der Waals surface area (Å²) in [6, 6.07) is 1.73. The summed E-state index contributed by atoms with van der Waals surface area (Å²) < 4.78 is 5.70. The Balaban J connectivity index is 2.26. The summed E-state index contributed by atoms with van der Waals surface area (Å²) in [6.07, 6.45) is 3.95. The molecule has 0 spiro atoms. The third-order valence-corrected chi connectivity index (χ3v) is 2.59. The maximum Gasteiger partial charge on any atom is 0.255 e. The molecule has 1 heterocycles. The molecule has 0 saturated heterocycles.